The number of hydrogen-bond donors (Lipinski definition) is 1. The lowest BCUT2D eigenvalue weighted by Crippen LogP contribution is -2.56. The first-order valence-corrected chi connectivity index (χ1v) is 8.59. The predicted molar refractivity (Wildman–Crippen MR) is 91.9 cm³/mol. The summed E-state index contributed by atoms with van der Waals surface area (Å²) in [6, 6.07) is 7.21. The molecular weight excluding hydrogens is 306 g/mol. The SMILES string of the molecule is CC(C)OCc1ccc(C(=O)N(C)C2(C(=O)O)CCCCC2)cc1. The fraction of sp³-hybridized carbons (Fsp3) is 0.579. The van der Waals surface area contributed by atoms with Crippen LogP contribution in [-0.4, -0.2) is 40.6 Å². The summed E-state index contributed by atoms with van der Waals surface area (Å²) in [6.07, 6.45) is 3.90. The van der Waals surface area contributed by atoms with E-state index in [4.69, 9.17) is 4.74 Å². The van der Waals surface area contributed by atoms with Gasteiger partial charge >= 0.3 is 5.97 Å². The molecule has 1 aromatic carbocycles. The summed E-state index contributed by atoms with van der Waals surface area (Å²) in [5.41, 5.74) is 0.430. The van der Waals surface area contributed by atoms with Crippen molar-refractivity contribution in [1.29, 1.82) is 0 Å². The first-order chi connectivity index (χ1) is 11.4. The van der Waals surface area contributed by atoms with Crippen LogP contribution in [0.5, 0.6) is 0 Å². The molecule has 0 bridgehead atoms. The Morgan fingerprint density at radius 1 is 1.17 bits per heavy atom. The van der Waals surface area contributed by atoms with E-state index in [-0.39, 0.29) is 12.0 Å². The second kappa shape index (κ2) is 7.79. The average Bonchev–Trinajstić information content (AvgIpc) is 2.59. The topological polar surface area (TPSA) is 66.8 Å². The highest BCUT2D eigenvalue weighted by Crippen LogP contribution is 2.34. The molecule has 2 rings (SSSR count). The Balaban J connectivity index is 2.13. The van der Waals surface area contributed by atoms with Crippen molar-refractivity contribution >= 4 is 11.9 Å². The summed E-state index contributed by atoms with van der Waals surface area (Å²) >= 11 is 0. The van der Waals surface area contributed by atoms with Gasteiger partial charge < -0.3 is 14.7 Å². The van der Waals surface area contributed by atoms with Gasteiger partial charge in [0.1, 0.15) is 5.54 Å². The molecule has 1 fully saturated rings. The third-order valence-corrected chi connectivity index (χ3v) is 4.81. The summed E-state index contributed by atoms with van der Waals surface area (Å²) in [7, 11) is 1.61. The van der Waals surface area contributed by atoms with Crippen LogP contribution in [0.4, 0.5) is 0 Å². The van der Waals surface area contributed by atoms with Gasteiger partial charge in [0.15, 0.2) is 0 Å². The quantitative estimate of drug-likeness (QED) is 0.865. The van der Waals surface area contributed by atoms with Crippen LogP contribution in [-0.2, 0) is 16.1 Å². The number of aliphatic carboxylic acids is 1. The van der Waals surface area contributed by atoms with E-state index in [0.717, 1.165) is 24.8 Å². The molecule has 5 heteroatoms. The van der Waals surface area contributed by atoms with Gasteiger partial charge in [0.2, 0.25) is 0 Å². The predicted octanol–water partition coefficient (Wildman–Crippen LogP) is 3.47. The minimum absolute atomic E-state index is 0.152. The van der Waals surface area contributed by atoms with Gasteiger partial charge in [-0.3, -0.25) is 4.79 Å². The number of carboxylic acid groups (broad SMARTS) is 1. The van der Waals surface area contributed by atoms with E-state index in [1.54, 1.807) is 19.2 Å². The van der Waals surface area contributed by atoms with Gasteiger partial charge in [-0.05, 0) is 44.4 Å². The van der Waals surface area contributed by atoms with Crippen molar-refractivity contribution in [2.24, 2.45) is 0 Å². The van der Waals surface area contributed by atoms with Crippen molar-refractivity contribution in [3.05, 3.63) is 35.4 Å². The van der Waals surface area contributed by atoms with Gasteiger partial charge in [0, 0.05) is 12.6 Å². The van der Waals surface area contributed by atoms with Crippen molar-refractivity contribution < 1.29 is 19.4 Å². The molecule has 132 valence electrons. The minimum Gasteiger partial charge on any atom is -0.479 e. The fourth-order valence-corrected chi connectivity index (χ4v) is 3.22. The molecule has 1 amide bonds. The normalized spacial score (nSPS) is 16.8. The van der Waals surface area contributed by atoms with Crippen LogP contribution in [0.1, 0.15) is 61.9 Å². The third-order valence-electron chi connectivity index (χ3n) is 4.81. The van der Waals surface area contributed by atoms with E-state index in [2.05, 4.69) is 0 Å². The Labute approximate surface area is 143 Å². The van der Waals surface area contributed by atoms with Crippen LogP contribution in [0.15, 0.2) is 24.3 Å². The Morgan fingerprint density at radius 3 is 2.25 bits per heavy atom. The summed E-state index contributed by atoms with van der Waals surface area (Å²) in [5, 5.41) is 9.71. The number of nitrogens with zero attached hydrogens (tertiary/aromatic N) is 1. The van der Waals surface area contributed by atoms with Gasteiger partial charge in [-0.15, -0.1) is 0 Å². The Hall–Kier alpha value is -1.88. The average molecular weight is 333 g/mol. The Bertz CT molecular complexity index is 574. The standard InChI is InChI=1S/C19H27NO4/c1-14(2)24-13-15-7-9-16(10-8-15)17(21)20(3)19(18(22)23)11-5-4-6-12-19/h7-10,14H,4-6,11-13H2,1-3H3,(H,22,23). The molecule has 0 spiro atoms. The first kappa shape index (κ1) is 18.5. The number of carboxylic acids is 1. The number of likely N-dealkylation sites (N-methyl/N-ethyl adjacent to an activating group) is 1. The van der Waals surface area contributed by atoms with E-state index in [1.807, 2.05) is 26.0 Å². The monoisotopic (exact) mass is 333 g/mol. The lowest BCUT2D eigenvalue weighted by Gasteiger charge is -2.41. The second-order valence-electron chi connectivity index (χ2n) is 6.82. The van der Waals surface area contributed by atoms with E-state index in [1.165, 1.54) is 4.90 Å². The molecular formula is C19H27NO4. The van der Waals surface area contributed by atoms with Crippen LogP contribution in [0.25, 0.3) is 0 Å². The molecule has 1 aromatic rings. The minimum atomic E-state index is -1.07. The number of carbonyl (C=O) groups is 2. The number of rotatable bonds is 6. The molecule has 1 aliphatic rings. The highest BCUT2D eigenvalue weighted by atomic mass is 16.5. The molecule has 5 nitrogen and oxygen atoms in total. The molecule has 1 aliphatic carbocycles. The molecule has 0 aliphatic heterocycles. The van der Waals surface area contributed by atoms with Gasteiger partial charge in [-0.2, -0.15) is 0 Å². The van der Waals surface area contributed by atoms with Crippen molar-refractivity contribution in [3.63, 3.8) is 0 Å². The summed E-state index contributed by atoms with van der Waals surface area (Å²) in [4.78, 5) is 26.0. The largest absolute Gasteiger partial charge is 0.479 e. The zero-order chi connectivity index (χ0) is 17.7. The number of ether oxygens (including phenoxy) is 1. The second-order valence-corrected chi connectivity index (χ2v) is 6.82. The molecule has 1 saturated carbocycles. The number of amides is 1. The van der Waals surface area contributed by atoms with E-state index >= 15 is 0 Å². The Morgan fingerprint density at radius 2 is 1.75 bits per heavy atom. The lowest BCUT2D eigenvalue weighted by molar-refractivity contribution is -0.151. The van der Waals surface area contributed by atoms with Gasteiger partial charge in [-0.1, -0.05) is 31.4 Å². The molecule has 0 saturated heterocycles. The first-order valence-electron chi connectivity index (χ1n) is 8.59. The highest BCUT2D eigenvalue weighted by molar-refractivity contribution is 5.97. The van der Waals surface area contributed by atoms with Crippen molar-refractivity contribution in [3.8, 4) is 0 Å². The van der Waals surface area contributed by atoms with Crippen LogP contribution in [0.2, 0.25) is 0 Å². The van der Waals surface area contributed by atoms with Crippen LogP contribution in [0, 0.1) is 0 Å². The smallest absolute Gasteiger partial charge is 0.329 e. The molecule has 0 radical (unpaired) electrons. The number of carbonyl (C=O) groups excluding carboxylic acids is 1. The fourth-order valence-electron chi connectivity index (χ4n) is 3.22. The third kappa shape index (κ3) is 3.96. The molecule has 0 heterocycles. The van der Waals surface area contributed by atoms with Crippen molar-refractivity contribution in [2.75, 3.05) is 7.05 Å². The molecule has 0 atom stereocenters. The van der Waals surface area contributed by atoms with E-state index in [0.29, 0.717) is 25.0 Å². The number of hydrogen-bond acceptors (Lipinski definition) is 3. The maximum absolute atomic E-state index is 12.8. The van der Waals surface area contributed by atoms with E-state index < -0.39 is 11.5 Å². The zero-order valence-corrected chi connectivity index (χ0v) is 14.7. The zero-order valence-electron chi connectivity index (χ0n) is 14.7. The van der Waals surface area contributed by atoms with Crippen molar-refractivity contribution in [2.45, 2.75) is 64.2 Å². The summed E-state index contributed by atoms with van der Waals surface area (Å²) < 4.78 is 5.55. The summed E-state index contributed by atoms with van der Waals surface area (Å²) in [6.45, 7) is 4.45. The molecule has 0 unspecified atom stereocenters. The van der Waals surface area contributed by atoms with Gasteiger partial charge in [0.05, 0.1) is 12.7 Å². The lowest BCUT2D eigenvalue weighted by atomic mass is 9.80. The number of benzene rings is 1. The molecule has 1 N–H and O–H groups in total. The maximum Gasteiger partial charge on any atom is 0.329 e. The highest BCUT2D eigenvalue weighted by Gasteiger charge is 2.45. The van der Waals surface area contributed by atoms with Crippen LogP contribution >= 0.6 is 0 Å². The summed E-state index contributed by atoms with van der Waals surface area (Å²) in [5.74, 6) is -1.14. The van der Waals surface area contributed by atoms with Gasteiger partial charge in [-0.25, -0.2) is 4.79 Å². The van der Waals surface area contributed by atoms with Gasteiger partial charge in [0.25, 0.3) is 5.91 Å². The van der Waals surface area contributed by atoms with Crippen LogP contribution < -0.4 is 0 Å². The maximum atomic E-state index is 12.8. The van der Waals surface area contributed by atoms with Crippen LogP contribution in [0.3, 0.4) is 0 Å². The van der Waals surface area contributed by atoms with E-state index in [9.17, 15) is 14.7 Å². The van der Waals surface area contributed by atoms with Crippen molar-refractivity contribution in [1.82, 2.24) is 4.90 Å². The Kier molecular flexibility index (Phi) is 5.99. The molecule has 0 aromatic heterocycles. The molecule has 24 heavy (non-hydrogen) atoms.